The summed E-state index contributed by atoms with van der Waals surface area (Å²) in [5.41, 5.74) is 6.37. The average Bonchev–Trinajstić information content (AvgIpc) is 2.76. The Morgan fingerprint density at radius 1 is 1.19 bits per heavy atom. The third-order valence-corrected chi connectivity index (χ3v) is 4.02. The number of nitrogens with one attached hydrogen (secondary N) is 1. The standard InChI is InChI=1S/C17H26N2O2/c18-17(20)16(14-8-4-3-5-9-14)19-12-13-21-15-10-6-1-2-7-11-15/h3-5,8-9,15-16,19H,1-2,6-7,10-13H2,(H2,18,20). The Hall–Kier alpha value is -1.39. The predicted molar refractivity (Wildman–Crippen MR) is 83.8 cm³/mol. The molecule has 0 spiro atoms. The molecular weight excluding hydrogens is 264 g/mol. The van der Waals surface area contributed by atoms with Crippen molar-refractivity contribution in [1.29, 1.82) is 0 Å². The molecule has 1 aliphatic carbocycles. The van der Waals surface area contributed by atoms with Gasteiger partial charge in [-0.05, 0) is 18.4 Å². The summed E-state index contributed by atoms with van der Waals surface area (Å²) >= 11 is 0. The van der Waals surface area contributed by atoms with Crippen molar-refractivity contribution in [3.05, 3.63) is 35.9 Å². The molecule has 21 heavy (non-hydrogen) atoms. The molecule has 1 fully saturated rings. The van der Waals surface area contributed by atoms with Gasteiger partial charge in [-0.15, -0.1) is 0 Å². The van der Waals surface area contributed by atoms with Crippen LogP contribution < -0.4 is 11.1 Å². The van der Waals surface area contributed by atoms with E-state index in [1.807, 2.05) is 30.3 Å². The second-order valence-electron chi connectivity index (χ2n) is 5.68. The van der Waals surface area contributed by atoms with Crippen molar-refractivity contribution < 1.29 is 9.53 Å². The van der Waals surface area contributed by atoms with Crippen LogP contribution in [-0.4, -0.2) is 25.2 Å². The lowest BCUT2D eigenvalue weighted by Crippen LogP contribution is -2.36. The molecule has 0 aromatic heterocycles. The van der Waals surface area contributed by atoms with Gasteiger partial charge in [0.2, 0.25) is 5.91 Å². The first-order chi connectivity index (χ1) is 10.3. The van der Waals surface area contributed by atoms with Gasteiger partial charge in [0.1, 0.15) is 6.04 Å². The van der Waals surface area contributed by atoms with Gasteiger partial charge in [-0.2, -0.15) is 0 Å². The van der Waals surface area contributed by atoms with E-state index in [9.17, 15) is 4.79 Å². The number of primary amides is 1. The Bertz CT molecular complexity index is 414. The molecule has 0 aliphatic heterocycles. The van der Waals surface area contributed by atoms with Crippen LogP contribution in [0, 0.1) is 0 Å². The Kier molecular flexibility index (Phi) is 6.70. The van der Waals surface area contributed by atoms with E-state index >= 15 is 0 Å². The maximum Gasteiger partial charge on any atom is 0.239 e. The molecule has 116 valence electrons. The zero-order valence-electron chi connectivity index (χ0n) is 12.6. The summed E-state index contributed by atoms with van der Waals surface area (Å²) in [6.07, 6.45) is 7.91. The van der Waals surface area contributed by atoms with Gasteiger partial charge >= 0.3 is 0 Å². The van der Waals surface area contributed by atoms with E-state index in [0.29, 0.717) is 19.3 Å². The van der Waals surface area contributed by atoms with Crippen molar-refractivity contribution >= 4 is 5.91 Å². The van der Waals surface area contributed by atoms with Crippen LogP contribution in [0.3, 0.4) is 0 Å². The molecule has 1 aromatic rings. The number of nitrogens with two attached hydrogens (primary N) is 1. The second-order valence-corrected chi connectivity index (χ2v) is 5.68. The summed E-state index contributed by atoms with van der Waals surface area (Å²) in [4.78, 5) is 11.6. The van der Waals surface area contributed by atoms with Gasteiger partial charge in [0.05, 0.1) is 12.7 Å². The smallest absolute Gasteiger partial charge is 0.239 e. The molecular formula is C17H26N2O2. The largest absolute Gasteiger partial charge is 0.377 e. The molecule has 1 aliphatic rings. The van der Waals surface area contributed by atoms with E-state index in [2.05, 4.69) is 5.32 Å². The van der Waals surface area contributed by atoms with Crippen LogP contribution in [0.1, 0.15) is 50.1 Å². The number of hydrogen-bond acceptors (Lipinski definition) is 3. The molecule has 0 heterocycles. The normalized spacial score (nSPS) is 18.1. The highest BCUT2D eigenvalue weighted by Crippen LogP contribution is 2.19. The molecule has 1 amide bonds. The fourth-order valence-corrected chi connectivity index (χ4v) is 2.87. The highest BCUT2D eigenvalue weighted by Gasteiger charge is 2.17. The predicted octanol–water partition coefficient (Wildman–Crippen LogP) is 2.54. The Balaban J connectivity index is 1.74. The van der Waals surface area contributed by atoms with Crippen LogP contribution >= 0.6 is 0 Å². The summed E-state index contributed by atoms with van der Waals surface area (Å²) < 4.78 is 5.91. The summed E-state index contributed by atoms with van der Waals surface area (Å²) in [5, 5.41) is 3.19. The molecule has 4 heteroatoms. The van der Waals surface area contributed by atoms with Crippen molar-refractivity contribution in [2.24, 2.45) is 5.73 Å². The number of carbonyl (C=O) groups is 1. The van der Waals surface area contributed by atoms with Gasteiger partial charge in [0.25, 0.3) is 0 Å². The van der Waals surface area contributed by atoms with Gasteiger partial charge in [-0.25, -0.2) is 0 Å². The zero-order valence-corrected chi connectivity index (χ0v) is 12.6. The number of benzene rings is 1. The van der Waals surface area contributed by atoms with Crippen LogP contribution in [0.4, 0.5) is 0 Å². The minimum atomic E-state index is -0.441. The monoisotopic (exact) mass is 290 g/mol. The molecule has 1 aromatic carbocycles. The molecule has 0 radical (unpaired) electrons. The molecule has 1 unspecified atom stereocenters. The van der Waals surface area contributed by atoms with Gasteiger partial charge in [0, 0.05) is 6.54 Å². The summed E-state index contributed by atoms with van der Waals surface area (Å²) in [7, 11) is 0. The lowest BCUT2D eigenvalue weighted by Gasteiger charge is -2.18. The van der Waals surface area contributed by atoms with Crippen molar-refractivity contribution in [3.63, 3.8) is 0 Å². The van der Waals surface area contributed by atoms with Gasteiger partial charge in [-0.1, -0.05) is 56.0 Å². The molecule has 1 saturated carbocycles. The van der Waals surface area contributed by atoms with Crippen LogP contribution in [-0.2, 0) is 9.53 Å². The number of carbonyl (C=O) groups excluding carboxylic acids is 1. The quantitative estimate of drug-likeness (QED) is 0.599. The fraction of sp³-hybridized carbons (Fsp3) is 0.588. The van der Waals surface area contributed by atoms with E-state index in [-0.39, 0.29) is 5.91 Å². The number of rotatable bonds is 7. The van der Waals surface area contributed by atoms with E-state index in [4.69, 9.17) is 10.5 Å². The van der Waals surface area contributed by atoms with Gasteiger partial charge < -0.3 is 10.5 Å². The van der Waals surface area contributed by atoms with Crippen molar-refractivity contribution in [3.8, 4) is 0 Å². The number of ether oxygens (including phenoxy) is 1. The number of hydrogen-bond donors (Lipinski definition) is 2. The lowest BCUT2D eigenvalue weighted by molar-refractivity contribution is -0.120. The van der Waals surface area contributed by atoms with E-state index < -0.39 is 6.04 Å². The third kappa shape index (κ3) is 5.48. The SMILES string of the molecule is NC(=O)C(NCCOC1CCCCCC1)c1ccccc1. The first-order valence-electron chi connectivity index (χ1n) is 7.96. The molecule has 4 nitrogen and oxygen atoms in total. The highest BCUT2D eigenvalue weighted by atomic mass is 16.5. The maximum absolute atomic E-state index is 11.6. The minimum Gasteiger partial charge on any atom is -0.377 e. The van der Waals surface area contributed by atoms with Crippen molar-refractivity contribution in [2.45, 2.75) is 50.7 Å². The molecule has 0 saturated heterocycles. The lowest BCUT2D eigenvalue weighted by atomic mass is 10.1. The Morgan fingerprint density at radius 3 is 2.48 bits per heavy atom. The number of amides is 1. The summed E-state index contributed by atoms with van der Waals surface area (Å²) in [6.45, 7) is 1.26. The maximum atomic E-state index is 11.6. The molecule has 3 N–H and O–H groups in total. The van der Waals surface area contributed by atoms with Gasteiger partial charge in [0.15, 0.2) is 0 Å². The first kappa shape index (κ1) is 16.0. The first-order valence-corrected chi connectivity index (χ1v) is 7.96. The summed E-state index contributed by atoms with van der Waals surface area (Å²) in [6, 6.07) is 9.13. The Labute approximate surface area is 127 Å². The fourth-order valence-electron chi connectivity index (χ4n) is 2.87. The van der Waals surface area contributed by atoms with Crippen LogP contribution in [0.25, 0.3) is 0 Å². The average molecular weight is 290 g/mol. The van der Waals surface area contributed by atoms with Crippen LogP contribution in [0.15, 0.2) is 30.3 Å². The van der Waals surface area contributed by atoms with Crippen LogP contribution in [0.5, 0.6) is 0 Å². The van der Waals surface area contributed by atoms with Gasteiger partial charge in [-0.3, -0.25) is 10.1 Å². The van der Waals surface area contributed by atoms with Crippen molar-refractivity contribution in [1.82, 2.24) is 5.32 Å². The molecule has 0 bridgehead atoms. The highest BCUT2D eigenvalue weighted by molar-refractivity contribution is 5.81. The molecule has 2 rings (SSSR count). The van der Waals surface area contributed by atoms with E-state index in [1.165, 1.54) is 25.7 Å². The zero-order chi connectivity index (χ0) is 14.9. The van der Waals surface area contributed by atoms with E-state index in [0.717, 1.165) is 18.4 Å². The Morgan fingerprint density at radius 2 is 1.86 bits per heavy atom. The topological polar surface area (TPSA) is 64.4 Å². The van der Waals surface area contributed by atoms with E-state index in [1.54, 1.807) is 0 Å². The third-order valence-electron chi connectivity index (χ3n) is 4.02. The second kappa shape index (κ2) is 8.80. The minimum absolute atomic E-state index is 0.351. The summed E-state index contributed by atoms with van der Waals surface area (Å²) in [5.74, 6) is -0.351. The van der Waals surface area contributed by atoms with Crippen LogP contribution in [0.2, 0.25) is 0 Å². The van der Waals surface area contributed by atoms with Crippen molar-refractivity contribution in [2.75, 3.05) is 13.2 Å². The molecule has 1 atom stereocenters.